The topological polar surface area (TPSA) is 38.8 Å². The predicted octanol–water partition coefficient (Wildman–Crippen LogP) is 3.54. The second kappa shape index (κ2) is 7.51. The molecule has 0 amide bonds. The third kappa shape index (κ3) is 4.36. The van der Waals surface area contributed by atoms with Crippen LogP contribution in [0.15, 0.2) is 6.07 Å². The summed E-state index contributed by atoms with van der Waals surface area (Å²) in [6.45, 7) is 6.98. The molecule has 0 spiro atoms. The Bertz CT molecular complexity index is 627. The SMILES string of the molecule is COc1c(CC(C(=O)OC(C)(C)C)N2CCC2)cc(F)c(F)c1I. The van der Waals surface area contributed by atoms with E-state index < -0.39 is 23.3 Å². The number of carbonyl (C=O) groups is 1. The molecule has 24 heavy (non-hydrogen) atoms. The van der Waals surface area contributed by atoms with Gasteiger partial charge in [-0.1, -0.05) is 0 Å². The minimum Gasteiger partial charge on any atom is -0.495 e. The largest absolute Gasteiger partial charge is 0.495 e. The van der Waals surface area contributed by atoms with Crippen molar-refractivity contribution in [2.24, 2.45) is 0 Å². The van der Waals surface area contributed by atoms with E-state index >= 15 is 0 Å². The zero-order valence-corrected chi connectivity index (χ0v) is 16.4. The van der Waals surface area contributed by atoms with Gasteiger partial charge < -0.3 is 9.47 Å². The number of ether oxygens (including phenoxy) is 2. The molecule has 0 aliphatic carbocycles. The van der Waals surface area contributed by atoms with E-state index in [-0.39, 0.29) is 21.7 Å². The highest BCUT2D eigenvalue weighted by molar-refractivity contribution is 14.1. The van der Waals surface area contributed by atoms with Crippen molar-refractivity contribution in [3.63, 3.8) is 0 Å². The summed E-state index contributed by atoms with van der Waals surface area (Å²) < 4.78 is 38.4. The van der Waals surface area contributed by atoms with E-state index in [0.717, 1.165) is 25.6 Å². The van der Waals surface area contributed by atoms with E-state index in [4.69, 9.17) is 9.47 Å². The van der Waals surface area contributed by atoms with Crippen molar-refractivity contribution >= 4 is 28.6 Å². The number of benzene rings is 1. The summed E-state index contributed by atoms with van der Waals surface area (Å²) >= 11 is 1.71. The third-order valence-corrected chi connectivity index (χ3v) is 4.79. The van der Waals surface area contributed by atoms with E-state index in [9.17, 15) is 13.6 Å². The Morgan fingerprint density at radius 1 is 1.38 bits per heavy atom. The molecule has 1 saturated heterocycles. The molecule has 7 heteroatoms. The Hall–Kier alpha value is -0.960. The lowest BCUT2D eigenvalue weighted by molar-refractivity contribution is -0.163. The maximum absolute atomic E-state index is 13.8. The number of nitrogens with zero attached hydrogens (tertiary/aromatic N) is 1. The minimum absolute atomic E-state index is 0.0802. The second-order valence-electron chi connectivity index (χ2n) is 6.82. The highest BCUT2D eigenvalue weighted by atomic mass is 127. The summed E-state index contributed by atoms with van der Waals surface area (Å²) in [4.78, 5) is 14.5. The lowest BCUT2D eigenvalue weighted by atomic mass is 10.00. The quantitative estimate of drug-likeness (QED) is 0.389. The van der Waals surface area contributed by atoms with E-state index in [1.165, 1.54) is 7.11 Å². The van der Waals surface area contributed by atoms with E-state index in [2.05, 4.69) is 0 Å². The van der Waals surface area contributed by atoms with Gasteiger partial charge in [-0.2, -0.15) is 0 Å². The van der Waals surface area contributed by atoms with Gasteiger partial charge in [-0.15, -0.1) is 0 Å². The molecule has 1 unspecified atom stereocenters. The Kier molecular flexibility index (Phi) is 6.06. The average Bonchev–Trinajstić information content (AvgIpc) is 2.40. The standard InChI is InChI=1S/C17H22F2INO3/c1-17(2,3)24-16(22)12(21-6-5-7-21)9-10-8-11(18)13(19)14(20)15(10)23-4/h8,12H,5-7,9H2,1-4H3. The summed E-state index contributed by atoms with van der Waals surface area (Å²) in [5, 5.41) is 0. The van der Waals surface area contributed by atoms with Crippen LogP contribution in [0.1, 0.15) is 32.8 Å². The molecule has 1 aromatic rings. The number of carbonyl (C=O) groups excluding carboxylic acids is 1. The molecule has 1 aliphatic heterocycles. The molecule has 4 nitrogen and oxygen atoms in total. The van der Waals surface area contributed by atoms with Crippen LogP contribution in [0.3, 0.4) is 0 Å². The molecule has 0 aromatic heterocycles. The molecule has 1 aliphatic rings. The smallest absolute Gasteiger partial charge is 0.324 e. The van der Waals surface area contributed by atoms with Gasteiger partial charge in [0.15, 0.2) is 11.6 Å². The third-order valence-electron chi connectivity index (χ3n) is 3.82. The maximum Gasteiger partial charge on any atom is 0.324 e. The molecular formula is C17H22F2INO3. The van der Waals surface area contributed by atoms with Gasteiger partial charge in [0.05, 0.1) is 10.7 Å². The van der Waals surface area contributed by atoms with Crippen molar-refractivity contribution in [3.8, 4) is 5.75 Å². The zero-order chi connectivity index (χ0) is 18.1. The summed E-state index contributed by atoms with van der Waals surface area (Å²) in [5.41, 5.74) is -0.143. The number of methoxy groups -OCH3 is 1. The fourth-order valence-corrected chi connectivity index (χ4v) is 3.42. The molecule has 1 heterocycles. The molecule has 0 saturated carbocycles. The summed E-state index contributed by atoms with van der Waals surface area (Å²) in [6.07, 6.45) is 1.22. The average molecular weight is 453 g/mol. The van der Waals surface area contributed by atoms with Crippen molar-refractivity contribution in [1.29, 1.82) is 0 Å². The van der Waals surface area contributed by atoms with Crippen LogP contribution >= 0.6 is 22.6 Å². The fraction of sp³-hybridized carbons (Fsp3) is 0.588. The van der Waals surface area contributed by atoms with Gasteiger partial charge in [0.1, 0.15) is 17.4 Å². The molecule has 1 fully saturated rings. The molecule has 0 bridgehead atoms. The molecule has 0 radical (unpaired) electrons. The molecule has 0 N–H and O–H groups in total. The molecule has 2 rings (SSSR count). The molecule has 134 valence electrons. The first-order valence-electron chi connectivity index (χ1n) is 7.81. The lowest BCUT2D eigenvalue weighted by Gasteiger charge is -2.38. The number of esters is 1. The summed E-state index contributed by atoms with van der Waals surface area (Å²) in [7, 11) is 1.41. The lowest BCUT2D eigenvalue weighted by Crippen LogP contribution is -2.51. The minimum atomic E-state index is -0.943. The van der Waals surface area contributed by atoms with E-state index in [1.807, 2.05) is 4.90 Å². The highest BCUT2D eigenvalue weighted by Crippen LogP contribution is 2.32. The van der Waals surface area contributed by atoms with Crippen LogP contribution in [0.4, 0.5) is 8.78 Å². The van der Waals surface area contributed by atoms with Crippen molar-refractivity contribution in [2.45, 2.75) is 45.3 Å². The number of likely N-dealkylation sites (tertiary alicyclic amines) is 1. The van der Waals surface area contributed by atoms with Gasteiger partial charge in [0.25, 0.3) is 0 Å². The summed E-state index contributed by atoms with van der Waals surface area (Å²) in [5.74, 6) is -1.97. The molecule has 1 atom stereocenters. The van der Waals surface area contributed by atoms with Crippen molar-refractivity contribution < 1.29 is 23.0 Å². The van der Waals surface area contributed by atoms with Crippen molar-refractivity contribution in [2.75, 3.05) is 20.2 Å². The number of halogens is 3. The van der Waals surface area contributed by atoms with E-state index in [0.29, 0.717) is 5.56 Å². The van der Waals surface area contributed by atoms with Gasteiger partial charge in [0, 0.05) is 25.1 Å². The second-order valence-corrected chi connectivity index (χ2v) is 7.90. The monoisotopic (exact) mass is 453 g/mol. The molecule has 1 aromatic carbocycles. The number of rotatable bonds is 5. The Morgan fingerprint density at radius 2 is 2.00 bits per heavy atom. The van der Waals surface area contributed by atoms with Gasteiger partial charge >= 0.3 is 5.97 Å². The van der Waals surface area contributed by atoms with Gasteiger partial charge in [-0.3, -0.25) is 9.69 Å². The van der Waals surface area contributed by atoms with Crippen LogP contribution in [0, 0.1) is 15.2 Å². The number of hydrogen-bond donors (Lipinski definition) is 0. The van der Waals surface area contributed by atoms with Crippen molar-refractivity contribution in [3.05, 3.63) is 26.8 Å². The van der Waals surface area contributed by atoms with Crippen LogP contribution in [-0.4, -0.2) is 42.7 Å². The number of hydrogen-bond acceptors (Lipinski definition) is 4. The molecular weight excluding hydrogens is 431 g/mol. The van der Waals surface area contributed by atoms with Crippen LogP contribution in [0.2, 0.25) is 0 Å². The maximum atomic E-state index is 13.8. The van der Waals surface area contributed by atoms with Crippen LogP contribution in [0.5, 0.6) is 5.75 Å². The van der Waals surface area contributed by atoms with Crippen molar-refractivity contribution in [1.82, 2.24) is 4.90 Å². The first kappa shape index (κ1) is 19.4. The van der Waals surface area contributed by atoms with E-state index in [1.54, 1.807) is 43.4 Å². The fourth-order valence-electron chi connectivity index (χ4n) is 2.59. The van der Waals surface area contributed by atoms with Crippen LogP contribution < -0.4 is 4.74 Å². The first-order chi connectivity index (χ1) is 11.1. The predicted molar refractivity (Wildman–Crippen MR) is 95.2 cm³/mol. The van der Waals surface area contributed by atoms with Gasteiger partial charge in [-0.25, -0.2) is 8.78 Å². The zero-order valence-electron chi connectivity index (χ0n) is 14.3. The Labute approximate surface area is 154 Å². The Morgan fingerprint density at radius 3 is 2.46 bits per heavy atom. The summed E-state index contributed by atoms with van der Waals surface area (Å²) in [6, 6.07) is 0.570. The highest BCUT2D eigenvalue weighted by Gasteiger charge is 2.34. The first-order valence-corrected chi connectivity index (χ1v) is 8.89. The Balaban J connectivity index is 2.31. The van der Waals surface area contributed by atoms with Gasteiger partial charge in [0.2, 0.25) is 0 Å². The van der Waals surface area contributed by atoms with Crippen LogP contribution in [0.25, 0.3) is 0 Å². The normalized spacial score (nSPS) is 16.5. The van der Waals surface area contributed by atoms with Gasteiger partial charge in [-0.05, 0) is 55.8 Å². The van der Waals surface area contributed by atoms with Crippen LogP contribution in [-0.2, 0) is 16.0 Å².